The lowest BCUT2D eigenvalue weighted by molar-refractivity contribution is 0.0600. The Hall–Kier alpha value is -3.08. The normalized spacial score (nSPS) is 10.4. The smallest absolute Gasteiger partial charge is 0.337 e. The highest BCUT2D eigenvalue weighted by Gasteiger charge is 2.07. The van der Waals surface area contributed by atoms with Crippen LogP contribution in [0, 0.1) is 0 Å². The lowest BCUT2D eigenvalue weighted by atomic mass is 10.1. The van der Waals surface area contributed by atoms with Gasteiger partial charge in [-0.2, -0.15) is 0 Å². The van der Waals surface area contributed by atoms with Crippen LogP contribution in [0.15, 0.2) is 59.5 Å². The zero-order chi connectivity index (χ0) is 15.5. The van der Waals surface area contributed by atoms with Crippen LogP contribution in [0.3, 0.4) is 0 Å². The van der Waals surface area contributed by atoms with Crippen molar-refractivity contribution < 1.29 is 14.3 Å². The molecule has 2 aromatic carbocycles. The van der Waals surface area contributed by atoms with Crippen molar-refractivity contribution in [3.8, 4) is 11.5 Å². The summed E-state index contributed by atoms with van der Waals surface area (Å²) in [4.78, 5) is 25.8. The fourth-order valence-corrected chi connectivity index (χ4v) is 2.17. The second-order valence-corrected chi connectivity index (χ2v) is 4.68. The molecule has 0 unspecified atom stereocenters. The van der Waals surface area contributed by atoms with Gasteiger partial charge in [-0.3, -0.25) is 4.79 Å². The summed E-state index contributed by atoms with van der Waals surface area (Å²) < 4.78 is 10.4. The van der Waals surface area contributed by atoms with E-state index in [-0.39, 0.29) is 5.56 Å². The summed E-state index contributed by atoms with van der Waals surface area (Å²) in [5, 5.41) is 1.38. The van der Waals surface area contributed by atoms with E-state index in [9.17, 15) is 9.59 Å². The van der Waals surface area contributed by atoms with Crippen LogP contribution < -0.4 is 10.3 Å². The van der Waals surface area contributed by atoms with Crippen LogP contribution in [-0.4, -0.2) is 18.1 Å². The number of pyridine rings is 1. The molecule has 0 spiro atoms. The highest BCUT2D eigenvalue weighted by Crippen LogP contribution is 2.25. The first-order valence-electron chi connectivity index (χ1n) is 6.65. The number of carbonyl (C=O) groups excluding carboxylic acids is 1. The van der Waals surface area contributed by atoms with E-state index < -0.39 is 5.97 Å². The number of esters is 1. The van der Waals surface area contributed by atoms with Gasteiger partial charge >= 0.3 is 5.97 Å². The van der Waals surface area contributed by atoms with Gasteiger partial charge in [0.25, 0.3) is 5.56 Å². The Balaban J connectivity index is 1.93. The van der Waals surface area contributed by atoms with Crippen molar-refractivity contribution in [3.05, 3.63) is 70.6 Å². The third-order valence-corrected chi connectivity index (χ3v) is 3.24. The van der Waals surface area contributed by atoms with Gasteiger partial charge in [-0.15, -0.1) is 0 Å². The molecule has 0 fully saturated rings. The first-order chi connectivity index (χ1) is 10.7. The van der Waals surface area contributed by atoms with Crippen LogP contribution in [0.25, 0.3) is 10.8 Å². The second kappa shape index (κ2) is 5.73. The minimum atomic E-state index is -0.421. The van der Waals surface area contributed by atoms with E-state index in [2.05, 4.69) is 9.72 Å². The van der Waals surface area contributed by atoms with Crippen molar-refractivity contribution in [1.29, 1.82) is 0 Å². The first kappa shape index (κ1) is 13.9. The molecule has 110 valence electrons. The molecule has 0 saturated heterocycles. The van der Waals surface area contributed by atoms with Crippen LogP contribution in [-0.2, 0) is 4.74 Å². The Bertz CT molecular complexity index is 898. The SMILES string of the molecule is COC(=O)c1cccc(Oc2ccc3c(=O)[nH]ccc3c2)c1. The number of fused-ring (bicyclic) bond motifs is 1. The molecule has 22 heavy (non-hydrogen) atoms. The predicted molar refractivity (Wildman–Crippen MR) is 82.4 cm³/mol. The number of ether oxygens (including phenoxy) is 2. The molecule has 0 atom stereocenters. The predicted octanol–water partition coefficient (Wildman–Crippen LogP) is 3.11. The van der Waals surface area contributed by atoms with Crippen molar-refractivity contribution in [2.75, 3.05) is 7.11 Å². The summed E-state index contributed by atoms with van der Waals surface area (Å²) in [6.45, 7) is 0. The van der Waals surface area contributed by atoms with Crippen LogP contribution >= 0.6 is 0 Å². The number of hydrogen-bond acceptors (Lipinski definition) is 4. The largest absolute Gasteiger partial charge is 0.465 e. The van der Waals surface area contributed by atoms with E-state index in [1.807, 2.05) is 0 Å². The molecule has 5 heteroatoms. The third kappa shape index (κ3) is 2.69. The fourth-order valence-electron chi connectivity index (χ4n) is 2.17. The molecule has 0 bridgehead atoms. The highest BCUT2D eigenvalue weighted by molar-refractivity contribution is 5.89. The molecule has 1 heterocycles. The Morgan fingerprint density at radius 3 is 2.68 bits per heavy atom. The summed E-state index contributed by atoms with van der Waals surface area (Å²) in [5.41, 5.74) is 0.272. The third-order valence-electron chi connectivity index (χ3n) is 3.24. The van der Waals surface area contributed by atoms with Crippen LogP contribution in [0.2, 0.25) is 0 Å². The number of nitrogens with one attached hydrogen (secondary N) is 1. The van der Waals surface area contributed by atoms with Crippen LogP contribution in [0.5, 0.6) is 11.5 Å². The number of methoxy groups -OCH3 is 1. The average molecular weight is 295 g/mol. The number of aromatic amines is 1. The van der Waals surface area contributed by atoms with Gasteiger partial charge < -0.3 is 14.5 Å². The molecule has 5 nitrogen and oxygen atoms in total. The minimum absolute atomic E-state index is 0.142. The van der Waals surface area contributed by atoms with Crippen molar-refractivity contribution in [3.63, 3.8) is 0 Å². The number of carbonyl (C=O) groups is 1. The van der Waals surface area contributed by atoms with Crippen molar-refractivity contribution in [1.82, 2.24) is 4.98 Å². The average Bonchev–Trinajstić information content (AvgIpc) is 2.54. The van der Waals surface area contributed by atoms with Gasteiger partial charge in [-0.05, 0) is 47.9 Å². The molecule has 1 N–H and O–H groups in total. The molecule has 0 aliphatic heterocycles. The topological polar surface area (TPSA) is 68.4 Å². The summed E-state index contributed by atoms with van der Waals surface area (Å²) in [5.74, 6) is 0.683. The molecule has 0 aliphatic rings. The summed E-state index contributed by atoms with van der Waals surface area (Å²) >= 11 is 0. The van der Waals surface area contributed by atoms with Crippen molar-refractivity contribution >= 4 is 16.7 Å². The summed E-state index contributed by atoms with van der Waals surface area (Å²) in [6.07, 6.45) is 1.59. The molecule has 3 rings (SSSR count). The molecule has 0 saturated carbocycles. The van der Waals surface area contributed by atoms with Gasteiger partial charge in [-0.1, -0.05) is 6.07 Å². The van der Waals surface area contributed by atoms with E-state index >= 15 is 0 Å². The zero-order valence-electron chi connectivity index (χ0n) is 11.8. The summed E-state index contributed by atoms with van der Waals surface area (Å²) in [7, 11) is 1.33. The number of rotatable bonds is 3. The maximum Gasteiger partial charge on any atom is 0.337 e. The van der Waals surface area contributed by atoms with E-state index in [0.717, 1.165) is 5.39 Å². The standard InChI is InChI=1S/C17H13NO4/c1-21-17(20)12-3-2-4-13(10-12)22-14-5-6-15-11(9-14)7-8-18-16(15)19/h2-10H,1H3,(H,18,19). The second-order valence-electron chi connectivity index (χ2n) is 4.68. The quantitative estimate of drug-likeness (QED) is 0.754. The number of benzene rings is 2. The van der Waals surface area contributed by atoms with Gasteiger partial charge in [-0.25, -0.2) is 4.79 Å². The first-order valence-corrected chi connectivity index (χ1v) is 6.65. The van der Waals surface area contributed by atoms with Gasteiger partial charge in [0.05, 0.1) is 12.7 Å². The Kier molecular flexibility index (Phi) is 3.62. The lowest BCUT2D eigenvalue weighted by Crippen LogP contribution is -2.04. The molecule has 1 aromatic heterocycles. The van der Waals surface area contributed by atoms with Crippen LogP contribution in [0.4, 0.5) is 0 Å². The van der Waals surface area contributed by atoms with Gasteiger partial charge in [0.1, 0.15) is 11.5 Å². The van der Waals surface area contributed by atoms with Crippen molar-refractivity contribution in [2.45, 2.75) is 0 Å². The lowest BCUT2D eigenvalue weighted by Gasteiger charge is -2.08. The monoisotopic (exact) mass is 295 g/mol. The Morgan fingerprint density at radius 1 is 1.05 bits per heavy atom. The van der Waals surface area contributed by atoms with Gasteiger partial charge in [0, 0.05) is 11.6 Å². The van der Waals surface area contributed by atoms with E-state index in [0.29, 0.717) is 22.4 Å². The number of aromatic nitrogens is 1. The molecule has 3 aromatic rings. The highest BCUT2D eigenvalue weighted by atomic mass is 16.5. The van der Waals surface area contributed by atoms with Crippen molar-refractivity contribution in [2.24, 2.45) is 0 Å². The molecular formula is C17H13NO4. The molecule has 0 aliphatic carbocycles. The molecule has 0 amide bonds. The maximum absolute atomic E-state index is 11.7. The van der Waals surface area contributed by atoms with E-state index in [1.54, 1.807) is 54.7 Å². The van der Waals surface area contributed by atoms with Gasteiger partial charge in [0.2, 0.25) is 0 Å². The van der Waals surface area contributed by atoms with Crippen LogP contribution in [0.1, 0.15) is 10.4 Å². The molecule has 0 radical (unpaired) electrons. The van der Waals surface area contributed by atoms with E-state index in [4.69, 9.17) is 4.74 Å². The maximum atomic E-state index is 11.7. The Morgan fingerprint density at radius 2 is 1.86 bits per heavy atom. The minimum Gasteiger partial charge on any atom is -0.465 e. The Labute approximate surface area is 126 Å². The fraction of sp³-hybridized carbons (Fsp3) is 0.0588. The number of H-pyrrole nitrogens is 1. The van der Waals surface area contributed by atoms with E-state index in [1.165, 1.54) is 7.11 Å². The summed E-state index contributed by atoms with van der Waals surface area (Å²) in [6, 6.07) is 13.7. The molecular weight excluding hydrogens is 282 g/mol. The number of hydrogen-bond donors (Lipinski definition) is 1. The zero-order valence-corrected chi connectivity index (χ0v) is 11.8. The van der Waals surface area contributed by atoms with Gasteiger partial charge in [0.15, 0.2) is 0 Å².